The van der Waals surface area contributed by atoms with Crippen LogP contribution in [0.1, 0.15) is 42.8 Å². The first-order valence-electron chi connectivity index (χ1n) is 6.00. The van der Waals surface area contributed by atoms with E-state index >= 15 is 0 Å². The Morgan fingerprint density at radius 3 is 2.75 bits per heavy atom. The van der Waals surface area contributed by atoms with Gasteiger partial charge in [0.25, 0.3) is 0 Å². The highest BCUT2D eigenvalue weighted by atomic mass is 16.5. The first-order chi connectivity index (χ1) is 9.36. The molecule has 0 bridgehead atoms. The van der Waals surface area contributed by atoms with Gasteiger partial charge in [-0.05, 0) is 6.07 Å². The third-order valence-corrected chi connectivity index (χ3v) is 2.44. The standard InChI is InChI=1S/C13H15N3O4/c1-13(2,3)12-15-10(16-20-12)7-19-9-4-8(11(17)18)5-14-6-9/h4-6H,7H2,1-3H3,(H,17,18). The van der Waals surface area contributed by atoms with Gasteiger partial charge in [0.15, 0.2) is 6.61 Å². The molecule has 0 fully saturated rings. The Kier molecular flexibility index (Phi) is 3.69. The molecule has 2 aromatic rings. The molecule has 0 saturated heterocycles. The van der Waals surface area contributed by atoms with Crippen LogP contribution in [0, 0.1) is 0 Å². The molecule has 106 valence electrons. The van der Waals surface area contributed by atoms with Gasteiger partial charge < -0.3 is 14.4 Å². The highest BCUT2D eigenvalue weighted by Gasteiger charge is 2.21. The molecule has 20 heavy (non-hydrogen) atoms. The molecule has 0 unspecified atom stereocenters. The molecular weight excluding hydrogens is 262 g/mol. The minimum atomic E-state index is -1.06. The predicted octanol–water partition coefficient (Wildman–Crippen LogP) is 2.04. The third kappa shape index (κ3) is 3.31. The second-order valence-corrected chi connectivity index (χ2v) is 5.27. The monoisotopic (exact) mass is 277 g/mol. The van der Waals surface area contributed by atoms with Crippen molar-refractivity contribution in [1.29, 1.82) is 0 Å². The fourth-order valence-corrected chi connectivity index (χ4v) is 1.38. The van der Waals surface area contributed by atoms with E-state index in [9.17, 15) is 4.79 Å². The second kappa shape index (κ2) is 5.28. The number of ether oxygens (including phenoxy) is 1. The molecule has 7 nitrogen and oxygen atoms in total. The molecule has 2 aromatic heterocycles. The normalized spacial score (nSPS) is 11.3. The topological polar surface area (TPSA) is 98.3 Å². The minimum Gasteiger partial charge on any atom is -0.484 e. The molecule has 2 heterocycles. The van der Waals surface area contributed by atoms with Crippen LogP contribution in [0.4, 0.5) is 0 Å². The zero-order chi connectivity index (χ0) is 14.8. The van der Waals surface area contributed by atoms with Gasteiger partial charge >= 0.3 is 5.97 Å². The summed E-state index contributed by atoms with van der Waals surface area (Å²) in [6.07, 6.45) is 2.68. The lowest BCUT2D eigenvalue weighted by Crippen LogP contribution is -2.11. The number of carboxylic acids is 1. The quantitative estimate of drug-likeness (QED) is 0.912. The van der Waals surface area contributed by atoms with Crippen molar-refractivity contribution >= 4 is 5.97 Å². The highest BCUT2D eigenvalue weighted by molar-refractivity contribution is 5.87. The molecule has 2 rings (SSSR count). The van der Waals surface area contributed by atoms with Gasteiger partial charge in [0.1, 0.15) is 5.75 Å². The summed E-state index contributed by atoms with van der Waals surface area (Å²) in [6, 6.07) is 1.39. The first kappa shape index (κ1) is 14.0. The molecule has 1 N–H and O–H groups in total. The van der Waals surface area contributed by atoms with Crippen LogP contribution in [0.2, 0.25) is 0 Å². The number of hydrogen-bond acceptors (Lipinski definition) is 6. The van der Waals surface area contributed by atoms with Gasteiger partial charge in [0.2, 0.25) is 11.7 Å². The van der Waals surface area contributed by atoms with Crippen molar-refractivity contribution in [1.82, 2.24) is 15.1 Å². The van der Waals surface area contributed by atoms with Crippen molar-refractivity contribution in [2.45, 2.75) is 32.8 Å². The molecule has 0 spiro atoms. The number of aromatic nitrogens is 3. The van der Waals surface area contributed by atoms with Crippen molar-refractivity contribution in [2.24, 2.45) is 0 Å². The van der Waals surface area contributed by atoms with E-state index in [0.717, 1.165) is 0 Å². The van der Waals surface area contributed by atoms with E-state index in [2.05, 4.69) is 15.1 Å². The summed E-state index contributed by atoms with van der Waals surface area (Å²) in [7, 11) is 0. The van der Waals surface area contributed by atoms with Gasteiger partial charge in [-0.25, -0.2) is 4.79 Å². The van der Waals surface area contributed by atoms with Gasteiger partial charge in [-0.1, -0.05) is 25.9 Å². The summed E-state index contributed by atoms with van der Waals surface area (Å²) in [4.78, 5) is 18.8. The zero-order valence-corrected chi connectivity index (χ0v) is 11.5. The van der Waals surface area contributed by atoms with Gasteiger partial charge in [-0.2, -0.15) is 4.98 Å². The number of carbonyl (C=O) groups is 1. The van der Waals surface area contributed by atoms with Crippen molar-refractivity contribution < 1.29 is 19.2 Å². The summed E-state index contributed by atoms with van der Waals surface area (Å²) in [5, 5.41) is 12.7. The molecule has 0 aliphatic heterocycles. The van der Waals surface area contributed by atoms with Crippen molar-refractivity contribution in [3.05, 3.63) is 35.7 Å². The van der Waals surface area contributed by atoms with Crippen LogP contribution in [-0.4, -0.2) is 26.2 Å². The molecule has 0 atom stereocenters. The largest absolute Gasteiger partial charge is 0.484 e. The maximum Gasteiger partial charge on any atom is 0.337 e. The lowest BCUT2D eigenvalue weighted by atomic mass is 9.97. The Bertz CT molecular complexity index is 616. The molecule has 0 aromatic carbocycles. The summed E-state index contributed by atoms with van der Waals surface area (Å²) in [5.41, 5.74) is -0.165. The van der Waals surface area contributed by atoms with Crippen LogP contribution in [0.5, 0.6) is 5.75 Å². The SMILES string of the molecule is CC(C)(C)c1nc(COc2cncc(C(=O)O)c2)no1. The average molecular weight is 277 g/mol. The van der Waals surface area contributed by atoms with Crippen LogP contribution in [0.15, 0.2) is 23.0 Å². The Morgan fingerprint density at radius 1 is 1.40 bits per heavy atom. The van der Waals surface area contributed by atoms with Gasteiger partial charge in [0.05, 0.1) is 11.8 Å². The Labute approximate surface area is 115 Å². The summed E-state index contributed by atoms with van der Waals surface area (Å²) >= 11 is 0. The van der Waals surface area contributed by atoms with Crippen molar-refractivity contribution in [2.75, 3.05) is 0 Å². The molecule has 7 heteroatoms. The number of nitrogens with zero attached hydrogens (tertiary/aromatic N) is 3. The lowest BCUT2D eigenvalue weighted by Gasteiger charge is -2.10. The molecular formula is C13H15N3O4. The highest BCUT2D eigenvalue weighted by Crippen LogP contribution is 2.20. The van der Waals surface area contributed by atoms with Crippen LogP contribution in [0.3, 0.4) is 0 Å². The Balaban J connectivity index is 2.04. The fourth-order valence-electron chi connectivity index (χ4n) is 1.38. The number of aromatic carboxylic acids is 1. The first-order valence-corrected chi connectivity index (χ1v) is 6.00. The minimum absolute atomic E-state index is 0.0611. The van der Waals surface area contributed by atoms with E-state index < -0.39 is 5.97 Å². The molecule has 0 aliphatic carbocycles. The van der Waals surface area contributed by atoms with Gasteiger partial charge in [-0.15, -0.1) is 0 Å². The number of carboxylic acid groups (broad SMARTS) is 1. The van der Waals surface area contributed by atoms with E-state index in [1.165, 1.54) is 18.5 Å². The zero-order valence-electron chi connectivity index (χ0n) is 11.5. The Morgan fingerprint density at radius 2 is 2.15 bits per heavy atom. The molecule has 0 aliphatic rings. The van der Waals surface area contributed by atoms with E-state index in [4.69, 9.17) is 14.4 Å². The van der Waals surface area contributed by atoms with Crippen LogP contribution in [-0.2, 0) is 12.0 Å². The van der Waals surface area contributed by atoms with E-state index in [0.29, 0.717) is 17.5 Å². The maximum absolute atomic E-state index is 10.8. The summed E-state index contributed by atoms with van der Waals surface area (Å²) < 4.78 is 10.5. The molecule has 0 radical (unpaired) electrons. The summed E-state index contributed by atoms with van der Waals surface area (Å²) in [6.45, 7) is 5.98. The smallest absolute Gasteiger partial charge is 0.337 e. The van der Waals surface area contributed by atoms with Crippen molar-refractivity contribution in [3.63, 3.8) is 0 Å². The third-order valence-electron chi connectivity index (χ3n) is 2.44. The maximum atomic E-state index is 10.8. The van der Waals surface area contributed by atoms with Crippen LogP contribution in [0.25, 0.3) is 0 Å². The average Bonchev–Trinajstić information content (AvgIpc) is 2.85. The van der Waals surface area contributed by atoms with Gasteiger partial charge in [-0.3, -0.25) is 4.98 Å². The number of rotatable bonds is 4. The Hall–Kier alpha value is -2.44. The number of hydrogen-bond donors (Lipinski definition) is 1. The van der Waals surface area contributed by atoms with Crippen LogP contribution >= 0.6 is 0 Å². The fraction of sp³-hybridized carbons (Fsp3) is 0.385. The number of pyridine rings is 1. The van der Waals surface area contributed by atoms with E-state index in [1.54, 1.807) is 0 Å². The van der Waals surface area contributed by atoms with E-state index in [1.807, 2.05) is 20.8 Å². The lowest BCUT2D eigenvalue weighted by molar-refractivity contribution is 0.0696. The van der Waals surface area contributed by atoms with Crippen LogP contribution < -0.4 is 4.74 Å². The molecule has 0 amide bonds. The van der Waals surface area contributed by atoms with Crippen molar-refractivity contribution in [3.8, 4) is 5.75 Å². The van der Waals surface area contributed by atoms with Gasteiger partial charge in [0, 0.05) is 11.6 Å². The predicted molar refractivity (Wildman–Crippen MR) is 68.5 cm³/mol. The second-order valence-electron chi connectivity index (χ2n) is 5.27. The summed E-state index contributed by atoms with van der Waals surface area (Å²) in [5.74, 6) is 0.203. The molecule has 0 saturated carbocycles. The van der Waals surface area contributed by atoms with E-state index in [-0.39, 0.29) is 17.6 Å².